The first-order chi connectivity index (χ1) is 12.5. The van der Waals surface area contributed by atoms with E-state index in [1.807, 2.05) is 13.8 Å². The van der Waals surface area contributed by atoms with Crippen LogP contribution in [0.25, 0.3) is 0 Å². The molecule has 146 valence electrons. The molecule has 0 atom stereocenters. The number of rotatable bonds is 7. The molecule has 9 heteroatoms. The summed E-state index contributed by atoms with van der Waals surface area (Å²) in [7, 11) is 0. The molecule has 1 aromatic heterocycles. The lowest BCUT2D eigenvalue weighted by atomic mass is 10.3. The largest absolute Gasteiger partial charge is 0.357 e. The minimum absolute atomic E-state index is 0.0485. The maximum absolute atomic E-state index is 11.8. The monoisotopic (exact) mass is 381 g/mol. The summed E-state index contributed by atoms with van der Waals surface area (Å²) in [6, 6.07) is 0.168. The van der Waals surface area contributed by atoms with Crippen molar-refractivity contribution in [2.24, 2.45) is 4.99 Å². The van der Waals surface area contributed by atoms with E-state index in [2.05, 4.69) is 48.6 Å². The zero-order valence-electron chi connectivity index (χ0n) is 16.3. The zero-order valence-corrected chi connectivity index (χ0v) is 17.1. The summed E-state index contributed by atoms with van der Waals surface area (Å²) in [5, 5.41) is 7.24. The molecule has 0 bridgehead atoms. The summed E-state index contributed by atoms with van der Waals surface area (Å²) in [4.78, 5) is 25.5. The maximum Gasteiger partial charge on any atom is 0.222 e. The molecule has 0 saturated carbocycles. The Bertz CT molecular complexity index is 594. The highest BCUT2D eigenvalue weighted by Crippen LogP contribution is 2.19. The summed E-state index contributed by atoms with van der Waals surface area (Å²) >= 11 is 1.48. The molecule has 0 spiro atoms. The lowest BCUT2D eigenvalue weighted by Crippen LogP contribution is -2.52. The van der Waals surface area contributed by atoms with Crippen LogP contribution in [0.1, 0.15) is 39.9 Å². The van der Waals surface area contributed by atoms with Crippen molar-refractivity contribution >= 4 is 28.5 Å². The van der Waals surface area contributed by atoms with Crippen LogP contribution in [0.4, 0.5) is 5.13 Å². The number of hydrogen-bond acceptors (Lipinski definition) is 6. The minimum Gasteiger partial charge on any atom is -0.357 e. The average Bonchev–Trinajstić information content (AvgIpc) is 3.10. The molecule has 0 radical (unpaired) electrons. The van der Waals surface area contributed by atoms with Crippen molar-refractivity contribution in [3.05, 3.63) is 5.82 Å². The van der Waals surface area contributed by atoms with Gasteiger partial charge in [-0.1, -0.05) is 6.92 Å². The number of anilines is 1. The van der Waals surface area contributed by atoms with Crippen LogP contribution in [-0.2, 0) is 11.2 Å². The topological polar surface area (TPSA) is 85.8 Å². The Balaban J connectivity index is 1.86. The number of nitrogens with one attached hydrogen (secondary N) is 2. The second kappa shape index (κ2) is 10.3. The minimum atomic E-state index is 0.0485. The molecular weight excluding hydrogens is 350 g/mol. The Labute approximate surface area is 160 Å². The van der Waals surface area contributed by atoms with Crippen LogP contribution in [0.5, 0.6) is 0 Å². The van der Waals surface area contributed by atoms with E-state index in [1.165, 1.54) is 11.5 Å². The molecule has 1 fully saturated rings. The first kappa shape index (κ1) is 20.4. The van der Waals surface area contributed by atoms with Crippen LogP contribution in [0, 0.1) is 0 Å². The van der Waals surface area contributed by atoms with Gasteiger partial charge >= 0.3 is 0 Å². The van der Waals surface area contributed by atoms with Crippen LogP contribution in [-0.4, -0.2) is 71.4 Å². The Morgan fingerprint density at radius 3 is 2.58 bits per heavy atom. The quantitative estimate of drug-likeness (QED) is 0.543. The van der Waals surface area contributed by atoms with Gasteiger partial charge in [-0.15, -0.1) is 0 Å². The standard InChI is InChI=1S/C17H31N7OS/c1-5-14-21-17(26-22-14)24-11-9-23(10-12-24)16(18-6-2)19-8-7-15(25)20-13(3)4/h13H,5-12H2,1-4H3,(H,18,19)(H,20,25). The Morgan fingerprint density at radius 2 is 2.00 bits per heavy atom. The van der Waals surface area contributed by atoms with E-state index in [9.17, 15) is 4.79 Å². The summed E-state index contributed by atoms with van der Waals surface area (Å²) in [5.74, 6) is 1.85. The lowest BCUT2D eigenvalue weighted by Gasteiger charge is -2.36. The summed E-state index contributed by atoms with van der Waals surface area (Å²) < 4.78 is 4.37. The summed E-state index contributed by atoms with van der Waals surface area (Å²) in [6.45, 7) is 12.9. The van der Waals surface area contributed by atoms with E-state index >= 15 is 0 Å². The molecule has 2 rings (SSSR count). The third-order valence-corrected chi connectivity index (χ3v) is 4.82. The normalized spacial score (nSPS) is 15.5. The zero-order chi connectivity index (χ0) is 18.9. The smallest absolute Gasteiger partial charge is 0.222 e. The summed E-state index contributed by atoms with van der Waals surface area (Å²) in [6.07, 6.45) is 1.29. The fourth-order valence-electron chi connectivity index (χ4n) is 2.71. The molecule has 1 amide bonds. The molecule has 2 N–H and O–H groups in total. The average molecular weight is 382 g/mol. The van der Waals surface area contributed by atoms with Crippen molar-refractivity contribution in [3.63, 3.8) is 0 Å². The van der Waals surface area contributed by atoms with Crippen molar-refractivity contribution in [3.8, 4) is 0 Å². The molecule has 1 saturated heterocycles. The molecule has 0 unspecified atom stereocenters. The second-order valence-corrected chi connectivity index (χ2v) is 7.26. The number of aryl methyl sites for hydroxylation is 1. The third-order valence-electron chi connectivity index (χ3n) is 4.01. The molecule has 1 aliphatic heterocycles. The third kappa shape index (κ3) is 6.12. The number of guanidine groups is 1. The molecular formula is C17H31N7OS. The highest BCUT2D eigenvalue weighted by Gasteiger charge is 2.22. The predicted octanol–water partition coefficient (Wildman–Crippen LogP) is 1.10. The fourth-order valence-corrected chi connectivity index (χ4v) is 3.51. The van der Waals surface area contributed by atoms with Crippen molar-refractivity contribution in [1.82, 2.24) is 24.9 Å². The van der Waals surface area contributed by atoms with Gasteiger partial charge in [0.05, 0.1) is 6.54 Å². The molecule has 8 nitrogen and oxygen atoms in total. The maximum atomic E-state index is 11.8. The van der Waals surface area contributed by atoms with Gasteiger partial charge in [0, 0.05) is 63.1 Å². The molecule has 2 heterocycles. The van der Waals surface area contributed by atoms with Gasteiger partial charge in [0.15, 0.2) is 5.96 Å². The molecule has 0 aliphatic carbocycles. The lowest BCUT2D eigenvalue weighted by molar-refractivity contribution is -0.121. The van der Waals surface area contributed by atoms with Gasteiger partial charge in [0.1, 0.15) is 5.82 Å². The van der Waals surface area contributed by atoms with Crippen LogP contribution in [0.15, 0.2) is 4.99 Å². The van der Waals surface area contributed by atoms with Crippen LogP contribution in [0.2, 0.25) is 0 Å². The van der Waals surface area contributed by atoms with E-state index < -0.39 is 0 Å². The number of carbonyl (C=O) groups excluding carboxylic acids is 1. The highest BCUT2D eigenvalue weighted by atomic mass is 32.1. The van der Waals surface area contributed by atoms with Gasteiger partial charge in [0.2, 0.25) is 11.0 Å². The van der Waals surface area contributed by atoms with E-state index in [4.69, 9.17) is 0 Å². The Morgan fingerprint density at radius 1 is 1.27 bits per heavy atom. The Hall–Kier alpha value is -1.90. The van der Waals surface area contributed by atoms with Crippen LogP contribution < -0.4 is 15.5 Å². The number of piperazine rings is 1. The van der Waals surface area contributed by atoms with E-state index in [1.54, 1.807) is 0 Å². The van der Waals surface area contributed by atoms with E-state index in [-0.39, 0.29) is 11.9 Å². The van der Waals surface area contributed by atoms with Gasteiger partial charge < -0.3 is 20.4 Å². The molecule has 1 aliphatic rings. The Kier molecular flexibility index (Phi) is 8.08. The molecule has 1 aromatic rings. The van der Waals surface area contributed by atoms with E-state index in [0.717, 1.165) is 56.1 Å². The van der Waals surface area contributed by atoms with Gasteiger partial charge in [-0.3, -0.25) is 9.79 Å². The van der Waals surface area contributed by atoms with Crippen LogP contribution in [0.3, 0.4) is 0 Å². The summed E-state index contributed by atoms with van der Waals surface area (Å²) in [5.41, 5.74) is 0. The first-order valence-corrected chi connectivity index (χ1v) is 10.2. The van der Waals surface area contributed by atoms with Crippen LogP contribution >= 0.6 is 11.5 Å². The van der Waals surface area contributed by atoms with Crippen molar-refractivity contribution in [2.45, 2.75) is 46.6 Å². The molecule has 26 heavy (non-hydrogen) atoms. The molecule has 0 aromatic carbocycles. The number of amides is 1. The SMILES string of the molecule is CCNC(=NCCC(=O)NC(C)C)N1CCN(c2nc(CC)ns2)CC1. The number of nitrogens with zero attached hydrogens (tertiary/aromatic N) is 5. The number of hydrogen-bond donors (Lipinski definition) is 2. The van der Waals surface area contributed by atoms with Gasteiger partial charge in [0.25, 0.3) is 0 Å². The van der Waals surface area contributed by atoms with Gasteiger partial charge in [-0.25, -0.2) is 4.98 Å². The second-order valence-electron chi connectivity index (χ2n) is 6.53. The van der Waals surface area contributed by atoms with Crippen molar-refractivity contribution in [1.29, 1.82) is 0 Å². The number of aromatic nitrogens is 2. The van der Waals surface area contributed by atoms with Crippen molar-refractivity contribution < 1.29 is 4.79 Å². The van der Waals surface area contributed by atoms with Gasteiger partial charge in [-0.2, -0.15) is 4.37 Å². The number of carbonyl (C=O) groups is 1. The van der Waals surface area contributed by atoms with Crippen molar-refractivity contribution in [2.75, 3.05) is 44.2 Å². The number of aliphatic imine (C=N–C) groups is 1. The van der Waals surface area contributed by atoms with Gasteiger partial charge in [-0.05, 0) is 20.8 Å². The fraction of sp³-hybridized carbons (Fsp3) is 0.765. The highest BCUT2D eigenvalue weighted by molar-refractivity contribution is 7.09. The predicted molar refractivity (Wildman–Crippen MR) is 107 cm³/mol. The van der Waals surface area contributed by atoms with E-state index in [0.29, 0.717) is 13.0 Å². The first-order valence-electron chi connectivity index (χ1n) is 9.43.